The molecular formula is C20H26N2O2S. The second-order valence-electron chi connectivity index (χ2n) is 7.84. The van der Waals surface area contributed by atoms with E-state index in [4.69, 9.17) is 4.98 Å². The molecule has 1 saturated carbocycles. The van der Waals surface area contributed by atoms with Crippen LogP contribution >= 0.6 is 11.8 Å². The summed E-state index contributed by atoms with van der Waals surface area (Å²) in [5.41, 5.74) is 0.369. The van der Waals surface area contributed by atoms with Gasteiger partial charge in [0.25, 0.3) is 5.56 Å². The predicted molar refractivity (Wildman–Crippen MR) is 103 cm³/mol. The van der Waals surface area contributed by atoms with Crippen LogP contribution in [0.2, 0.25) is 0 Å². The van der Waals surface area contributed by atoms with E-state index in [-0.39, 0.29) is 22.8 Å². The van der Waals surface area contributed by atoms with E-state index in [1.54, 1.807) is 0 Å². The van der Waals surface area contributed by atoms with Crippen LogP contribution in [0.15, 0.2) is 34.2 Å². The highest BCUT2D eigenvalue weighted by atomic mass is 32.2. The maximum atomic E-state index is 13.1. The maximum Gasteiger partial charge on any atom is 0.262 e. The number of carbonyl (C=O) groups is 1. The lowest BCUT2D eigenvalue weighted by Crippen LogP contribution is -2.29. The van der Waals surface area contributed by atoms with Crippen LogP contribution in [0.3, 0.4) is 0 Å². The number of hydrogen-bond donors (Lipinski definition) is 0. The van der Waals surface area contributed by atoms with Gasteiger partial charge in [0.2, 0.25) is 0 Å². The molecule has 1 aromatic carbocycles. The van der Waals surface area contributed by atoms with Gasteiger partial charge in [-0.25, -0.2) is 4.98 Å². The van der Waals surface area contributed by atoms with Gasteiger partial charge in [0, 0.05) is 11.5 Å². The molecule has 1 aliphatic rings. The van der Waals surface area contributed by atoms with Crippen LogP contribution in [0.1, 0.15) is 58.9 Å². The van der Waals surface area contributed by atoms with Gasteiger partial charge in [0.05, 0.1) is 16.7 Å². The average Bonchev–Trinajstić information content (AvgIpc) is 2.59. The molecule has 1 aliphatic carbocycles. The Hall–Kier alpha value is -1.62. The van der Waals surface area contributed by atoms with Crippen LogP contribution in [0.4, 0.5) is 0 Å². The molecule has 5 heteroatoms. The second-order valence-corrected chi connectivity index (χ2v) is 8.78. The number of Topliss-reactive ketones (excluding diaryl/α,β-unsaturated/α-hetero) is 1. The monoisotopic (exact) mass is 358 g/mol. The van der Waals surface area contributed by atoms with Gasteiger partial charge in [-0.2, -0.15) is 0 Å². The van der Waals surface area contributed by atoms with Gasteiger partial charge >= 0.3 is 0 Å². The van der Waals surface area contributed by atoms with Crippen molar-refractivity contribution < 1.29 is 4.79 Å². The number of carbonyl (C=O) groups excluding carboxylic acids is 1. The molecule has 0 saturated heterocycles. The molecule has 134 valence electrons. The number of aromatic nitrogens is 2. The van der Waals surface area contributed by atoms with E-state index in [0.717, 1.165) is 25.7 Å². The first kappa shape index (κ1) is 18.2. The zero-order chi connectivity index (χ0) is 18.0. The summed E-state index contributed by atoms with van der Waals surface area (Å²) in [6.45, 7) is 5.79. The Kier molecular flexibility index (Phi) is 5.32. The standard InChI is InChI=1S/C20H26N2O2S/c1-20(2,3)17(23)13-25-19-21-16-12-8-7-11-15(16)18(24)22(19)14-9-5-4-6-10-14/h7-8,11-12,14H,4-6,9-10,13H2,1-3H3. The van der Waals surface area contributed by atoms with Gasteiger partial charge in [-0.3, -0.25) is 14.2 Å². The highest BCUT2D eigenvalue weighted by molar-refractivity contribution is 7.99. The molecule has 25 heavy (non-hydrogen) atoms. The van der Waals surface area contributed by atoms with Crippen molar-refractivity contribution in [3.05, 3.63) is 34.6 Å². The molecule has 1 aromatic heterocycles. The third-order valence-electron chi connectivity index (χ3n) is 4.88. The summed E-state index contributed by atoms with van der Waals surface area (Å²) in [4.78, 5) is 30.2. The van der Waals surface area contributed by atoms with Crippen molar-refractivity contribution in [1.29, 1.82) is 0 Å². The summed E-state index contributed by atoms with van der Waals surface area (Å²) in [6.07, 6.45) is 5.56. The lowest BCUT2D eigenvalue weighted by atomic mass is 9.92. The molecule has 1 fully saturated rings. The minimum Gasteiger partial charge on any atom is -0.298 e. The third kappa shape index (κ3) is 3.97. The maximum absolute atomic E-state index is 13.1. The molecule has 0 bridgehead atoms. The predicted octanol–water partition coefficient (Wildman–Crippen LogP) is 4.61. The van der Waals surface area contributed by atoms with E-state index in [1.807, 2.05) is 49.6 Å². The number of rotatable bonds is 4. The summed E-state index contributed by atoms with van der Waals surface area (Å²) in [5, 5.41) is 1.35. The Bertz CT molecular complexity index is 830. The summed E-state index contributed by atoms with van der Waals surface area (Å²) in [6, 6.07) is 7.70. The molecule has 0 spiro atoms. The zero-order valence-corrected chi connectivity index (χ0v) is 16.1. The van der Waals surface area contributed by atoms with Gasteiger partial charge in [-0.1, -0.05) is 63.9 Å². The Balaban J connectivity index is 2.02. The summed E-state index contributed by atoms with van der Waals surface area (Å²) < 4.78 is 1.86. The Morgan fingerprint density at radius 1 is 1.20 bits per heavy atom. The highest BCUT2D eigenvalue weighted by Crippen LogP contribution is 2.31. The van der Waals surface area contributed by atoms with Crippen LogP contribution in [0, 0.1) is 5.41 Å². The van der Waals surface area contributed by atoms with E-state index in [9.17, 15) is 9.59 Å². The minimum atomic E-state index is -0.375. The van der Waals surface area contributed by atoms with Crippen molar-refractivity contribution in [3.63, 3.8) is 0 Å². The summed E-state index contributed by atoms with van der Waals surface area (Å²) in [7, 11) is 0. The van der Waals surface area contributed by atoms with E-state index in [0.29, 0.717) is 21.8 Å². The molecule has 0 radical (unpaired) electrons. The van der Waals surface area contributed by atoms with Crippen molar-refractivity contribution >= 4 is 28.4 Å². The number of hydrogen-bond acceptors (Lipinski definition) is 4. The normalized spacial score (nSPS) is 16.3. The van der Waals surface area contributed by atoms with E-state index in [2.05, 4.69) is 0 Å². The van der Waals surface area contributed by atoms with Gasteiger partial charge < -0.3 is 0 Å². The lowest BCUT2D eigenvalue weighted by Gasteiger charge is -2.26. The topological polar surface area (TPSA) is 52.0 Å². The fourth-order valence-electron chi connectivity index (χ4n) is 3.24. The van der Waals surface area contributed by atoms with Gasteiger partial charge in [0.15, 0.2) is 5.16 Å². The van der Waals surface area contributed by atoms with Crippen LogP contribution < -0.4 is 5.56 Å². The van der Waals surface area contributed by atoms with Crippen LogP contribution in [0.25, 0.3) is 10.9 Å². The molecule has 0 unspecified atom stereocenters. The summed E-state index contributed by atoms with van der Waals surface area (Å²) >= 11 is 1.41. The Morgan fingerprint density at radius 2 is 1.88 bits per heavy atom. The van der Waals surface area contributed by atoms with E-state index in [1.165, 1.54) is 18.2 Å². The lowest BCUT2D eigenvalue weighted by molar-refractivity contribution is -0.123. The first-order valence-electron chi connectivity index (χ1n) is 9.05. The largest absolute Gasteiger partial charge is 0.298 e. The van der Waals surface area contributed by atoms with E-state index >= 15 is 0 Å². The average molecular weight is 359 g/mol. The van der Waals surface area contributed by atoms with Crippen LogP contribution in [-0.4, -0.2) is 21.1 Å². The third-order valence-corrected chi connectivity index (χ3v) is 5.84. The summed E-state index contributed by atoms with van der Waals surface area (Å²) in [5.74, 6) is 0.524. The zero-order valence-electron chi connectivity index (χ0n) is 15.2. The first-order chi connectivity index (χ1) is 11.9. The molecule has 3 rings (SSSR count). The van der Waals surface area contributed by atoms with Crippen molar-refractivity contribution in [3.8, 4) is 0 Å². The molecule has 0 aliphatic heterocycles. The molecule has 0 atom stereocenters. The molecule has 0 N–H and O–H groups in total. The number of ketones is 1. The van der Waals surface area contributed by atoms with Crippen molar-refractivity contribution in [2.45, 2.75) is 64.1 Å². The fraction of sp³-hybridized carbons (Fsp3) is 0.550. The van der Waals surface area contributed by atoms with Crippen LogP contribution in [0.5, 0.6) is 0 Å². The second kappa shape index (κ2) is 7.32. The molecular weight excluding hydrogens is 332 g/mol. The van der Waals surface area contributed by atoms with Gasteiger partial charge in [-0.15, -0.1) is 0 Å². The minimum absolute atomic E-state index is 0.0307. The van der Waals surface area contributed by atoms with Gasteiger partial charge in [-0.05, 0) is 25.0 Å². The van der Waals surface area contributed by atoms with Crippen LogP contribution in [-0.2, 0) is 4.79 Å². The Labute approximate surface area is 153 Å². The van der Waals surface area contributed by atoms with Gasteiger partial charge in [0.1, 0.15) is 5.78 Å². The number of para-hydroxylation sites is 1. The highest BCUT2D eigenvalue weighted by Gasteiger charge is 2.25. The fourth-order valence-corrected chi connectivity index (χ4v) is 4.46. The number of nitrogens with zero attached hydrogens (tertiary/aromatic N) is 2. The number of benzene rings is 1. The van der Waals surface area contributed by atoms with Crippen molar-refractivity contribution in [2.24, 2.45) is 5.41 Å². The van der Waals surface area contributed by atoms with E-state index < -0.39 is 0 Å². The van der Waals surface area contributed by atoms with Crippen molar-refractivity contribution in [2.75, 3.05) is 5.75 Å². The smallest absolute Gasteiger partial charge is 0.262 e. The molecule has 4 nitrogen and oxygen atoms in total. The quantitative estimate of drug-likeness (QED) is 0.592. The molecule has 2 aromatic rings. The molecule has 1 heterocycles. The van der Waals surface area contributed by atoms with Crippen molar-refractivity contribution in [1.82, 2.24) is 9.55 Å². The Morgan fingerprint density at radius 3 is 2.56 bits per heavy atom. The SMILES string of the molecule is CC(C)(C)C(=O)CSc1nc2ccccc2c(=O)n1C1CCCCC1. The first-order valence-corrected chi connectivity index (χ1v) is 10.0. The number of fused-ring (bicyclic) bond motifs is 1. The number of thioether (sulfide) groups is 1. The molecule has 0 amide bonds.